The van der Waals surface area contributed by atoms with Gasteiger partial charge >= 0.3 is 0 Å². The Labute approximate surface area is 181 Å². The second-order valence-corrected chi connectivity index (χ2v) is 9.37. The maximum Gasteiger partial charge on any atom is 0.269 e. The minimum absolute atomic E-state index is 0.0597. The van der Waals surface area contributed by atoms with Crippen molar-refractivity contribution in [2.75, 3.05) is 29.3 Å². The molecule has 3 aromatic rings. The number of pyridine rings is 1. The fourth-order valence-corrected chi connectivity index (χ4v) is 5.53. The van der Waals surface area contributed by atoms with Crippen molar-refractivity contribution in [1.29, 1.82) is 0 Å². The minimum atomic E-state index is -3.82. The van der Waals surface area contributed by atoms with E-state index in [4.69, 9.17) is 0 Å². The fourth-order valence-electron chi connectivity index (χ4n) is 4.03. The summed E-state index contributed by atoms with van der Waals surface area (Å²) in [5, 5.41) is 6.56. The maximum absolute atomic E-state index is 13.1. The summed E-state index contributed by atoms with van der Waals surface area (Å²) < 4.78 is 27.5. The standard InChI is InChI=1S/C22H22N6O2S/c1-2-12-28-21-18(4-3-10-24-21)20-19(31(28,29)30)14-25-22(27-20)26-17-7-5-15(6-8-17)16-9-11-23-13-16/h2-8,10,14,16,23H,1,9,11-13H2,(H,25,26,27). The number of fused-ring (bicyclic) bond motifs is 3. The largest absolute Gasteiger partial charge is 0.324 e. The number of rotatable bonds is 5. The van der Waals surface area contributed by atoms with Gasteiger partial charge in [-0.15, -0.1) is 6.58 Å². The van der Waals surface area contributed by atoms with Crippen LogP contribution in [-0.4, -0.2) is 43.0 Å². The molecular formula is C22H22N6O2S. The number of sulfonamides is 1. The predicted octanol–water partition coefficient (Wildman–Crippen LogP) is 3.05. The van der Waals surface area contributed by atoms with Crippen LogP contribution in [0, 0.1) is 0 Å². The van der Waals surface area contributed by atoms with Crippen molar-refractivity contribution < 1.29 is 8.42 Å². The molecule has 1 fully saturated rings. The Kier molecular flexibility index (Phi) is 4.91. The molecule has 0 bridgehead atoms. The number of nitrogens with zero attached hydrogens (tertiary/aromatic N) is 4. The number of hydrogen-bond donors (Lipinski definition) is 2. The van der Waals surface area contributed by atoms with Gasteiger partial charge in [-0.25, -0.2) is 27.7 Å². The Morgan fingerprint density at radius 3 is 2.81 bits per heavy atom. The third-order valence-electron chi connectivity index (χ3n) is 5.59. The second-order valence-electron chi connectivity index (χ2n) is 7.54. The monoisotopic (exact) mass is 434 g/mol. The number of aromatic nitrogens is 3. The number of nitrogens with one attached hydrogen (secondary N) is 2. The topological polar surface area (TPSA) is 100 Å². The Hall–Kier alpha value is -3.30. The van der Waals surface area contributed by atoms with Gasteiger partial charge in [-0.05, 0) is 48.7 Å². The zero-order valence-electron chi connectivity index (χ0n) is 16.8. The molecule has 0 amide bonds. The third kappa shape index (κ3) is 3.45. The Balaban J connectivity index is 1.49. The summed E-state index contributed by atoms with van der Waals surface area (Å²) in [5.74, 6) is 1.21. The summed E-state index contributed by atoms with van der Waals surface area (Å²) in [6, 6.07) is 11.8. The van der Waals surface area contributed by atoms with Crippen LogP contribution >= 0.6 is 0 Å². The second kappa shape index (κ2) is 7.75. The number of hydrogen-bond acceptors (Lipinski definition) is 7. The third-order valence-corrected chi connectivity index (χ3v) is 7.35. The molecular weight excluding hydrogens is 412 g/mol. The van der Waals surface area contributed by atoms with E-state index in [9.17, 15) is 8.42 Å². The predicted molar refractivity (Wildman–Crippen MR) is 120 cm³/mol. The van der Waals surface area contributed by atoms with Gasteiger partial charge in [-0.2, -0.15) is 0 Å². The van der Waals surface area contributed by atoms with Crippen LogP contribution in [0.15, 0.2) is 66.3 Å². The van der Waals surface area contributed by atoms with Crippen LogP contribution in [0.25, 0.3) is 11.3 Å². The van der Waals surface area contributed by atoms with Crippen LogP contribution in [0.2, 0.25) is 0 Å². The zero-order chi connectivity index (χ0) is 21.4. The van der Waals surface area contributed by atoms with Gasteiger partial charge in [0.05, 0.1) is 12.7 Å². The highest BCUT2D eigenvalue weighted by Crippen LogP contribution is 2.40. The molecule has 2 aromatic heterocycles. The molecule has 0 saturated carbocycles. The first-order chi connectivity index (χ1) is 15.1. The molecule has 31 heavy (non-hydrogen) atoms. The molecule has 1 atom stereocenters. The molecule has 0 aliphatic carbocycles. The van der Waals surface area contributed by atoms with Crippen LogP contribution in [0.3, 0.4) is 0 Å². The van der Waals surface area contributed by atoms with Gasteiger partial charge in [0.25, 0.3) is 10.0 Å². The summed E-state index contributed by atoms with van der Waals surface area (Å²) in [5.41, 5.74) is 3.13. The van der Waals surface area contributed by atoms with Crippen molar-refractivity contribution in [3.63, 3.8) is 0 Å². The van der Waals surface area contributed by atoms with Crippen molar-refractivity contribution >= 4 is 27.5 Å². The molecule has 2 aliphatic heterocycles. The van der Waals surface area contributed by atoms with E-state index in [1.165, 1.54) is 22.1 Å². The van der Waals surface area contributed by atoms with E-state index in [2.05, 4.69) is 44.3 Å². The highest BCUT2D eigenvalue weighted by atomic mass is 32.2. The lowest BCUT2D eigenvalue weighted by Crippen LogP contribution is -2.35. The Morgan fingerprint density at radius 1 is 1.23 bits per heavy atom. The highest BCUT2D eigenvalue weighted by molar-refractivity contribution is 7.93. The van der Waals surface area contributed by atoms with Crippen LogP contribution in [0.1, 0.15) is 17.9 Å². The van der Waals surface area contributed by atoms with Gasteiger partial charge in [0.1, 0.15) is 10.6 Å². The molecule has 0 spiro atoms. The fraction of sp³-hybridized carbons (Fsp3) is 0.227. The molecule has 158 valence electrons. The Bertz CT molecular complexity index is 1240. The van der Waals surface area contributed by atoms with Crippen molar-refractivity contribution in [3.05, 3.63) is 67.0 Å². The molecule has 2 aliphatic rings. The van der Waals surface area contributed by atoms with Gasteiger partial charge in [0, 0.05) is 24.0 Å². The Morgan fingerprint density at radius 2 is 2.06 bits per heavy atom. The molecule has 5 rings (SSSR count). The van der Waals surface area contributed by atoms with E-state index in [-0.39, 0.29) is 11.4 Å². The van der Waals surface area contributed by atoms with E-state index in [1.807, 2.05) is 18.2 Å². The van der Waals surface area contributed by atoms with Gasteiger partial charge in [0.2, 0.25) is 5.95 Å². The summed E-state index contributed by atoms with van der Waals surface area (Å²) in [6.07, 6.45) is 5.59. The summed E-state index contributed by atoms with van der Waals surface area (Å²) in [7, 11) is -3.82. The first kappa shape index (κ1) is 19.7. The molecule has 2 N–H and O–H groups in total. The lowest BCUT2D eigenvalue weighted by atomic mass is 9.98. The maximum atomic E-state index is 13.1. The van der Waals surface area contributed by atoms with Crippen LogP contribution in [0.4, 0.5) is 17.5 Å². The van der Waals surface area contributed by atoms with E-state index in [0.717, 1.165) is 25.2 Å². The normalized spacial score (nSPS) is 18.8. The van der Waals surface area contributed by atoms with Gasteiger partial charge in [-0.1, -0.05) is 18.2 Å². The van der Waals surface area contributed by atoms with Crippen LogP contribution in [-0.2, 0) is 10.0 Å². The first-order valence-corrected chi connectivity index (χ1v) is 11.6. The summed E-state index contributed by atoms with van der Waals surface area (Å²) in [4.78, 5) is 13.1. The average molecular weight is 435 g/mol. The molecule has 1 unspecified atom stereocenters. The van der Waals surface area contributed by atoms with Gasteiger partial charge in [0.15, 0.2) is 5.82 Å². The van der Waals surface area contributed by atoms with Gasteiger partial charge < -0.3 is 10.6 Å². The number of benzene rings is 1. The van der Waals surface area contributed by atoms with Crippen LogP contribution < -0.4 is 14.9 Å². The molecule has 9 heteroatoms. The van der Waals surface area contributed by atoms with Crippen molar-refractivity contribution in [1.82, 2.24) is 20.3 Å². The summed E-state index contributed by atoms with van der Waals surface area (Å²) in [6.45, 7) is 5.84. The van der Waals surface area contributed by atoms with E-state index in [1.54, 1.807) is 12.3 Å². The molecule has 1 saturated heterocycles. The quantitative estimate of drug-likeness (QED) is 0.595. The number of anilines is 3. The van der Waals surface area contributed by atoms with Crippen LogP contribution in [0.5, 0.6) is 0 Å². The van der Waals surface area contributed by atoms with Gasteiger partial charge in [-0.3, -0.25) is 0 Å². The van der Waals surface area contributed by atoms with Crippen molar-refractivity contribution in [2.24, 2.45) is 0 Å². The lowest BCUT2D eigenvalue weighted by Gasteiger charge is -2.29. The zero-order valence-corrected chi connectivity index (χ0v) is 17.6. The van der Waals surface area contributed by atoms with Crippen molar-refractivity contribution in [2.45, 2.75) is 17.2 Å². The molecule has 4 heterocycles. The van der Waals surface area contributed by atoms with E-state index in [0.29, 0.717) is 28.9 Å². The van der Waals surface area contributed by atoms with E-state index >= 15 is 0 Å². The molecule has 1 aromatic carbocycles. The SMILES string of the molecule is C=CCN1c2ncccc2-c2nc(Nc3ccc(C4CCNC4)cc3)ncc2S1(=O)=O. The minimum Gasteiger partial charge on any atom is -0.324 e. The smallest absolute Gasteiger partial charge is 0.269 e. The van der Waals surface area contributed by atoms with Crippen molar-refractivity contribution in [3.8, 4) is 11.3 Å². The molecule has 8 nitrogen and oxygen atoms in total. The average Bonchev–Trinajstić information content (AvgIpc) is 3.32. The molecule has 0 radical (unpaired) electrons. The summed E-state index contributed by atoms with van der Waals surface area (Å²) >= 11 is 0. The first-order valence-electron chi connectivity index (χ1n) is 10.1. The van der Waals surface area contributed by atoms with E-state index < -0.39 is 10.0 Å². The highest BCUT2D eigenvalue weighted by Gasteiger charge is 2.36. The lowest BCUT2D eigenvalue weighted by molar-refractivity contribution is 0.590.